The van der Waals surface area contributed by atoms with Gasteiger partial charge in [0, 0.05) is 5.56 Å². The number of nitrogens with zero attached hydrogens (tertiary/aromatic N) is 1. The molecule has 1 aromatic rings. The smallest absolute Gasteiger partial charge is 0.241 e. The Bertz CT molecular complexity index is 680. The van der Waals surface area contributed by atoms with Crippen molar-refractivity contribution in [3.05, 3.63) is 35.4 Å². The summed E-state index contributed by atoms with van der Waals surface area (Å²) in [5, 5.41) is 15.3. The summed E-state index contributed by atoms with van der Waals surface area (Å²) in [5.74, 6) is 0.649. The zero-order valence-electron chi connectivity index (χ0n) is 12.8. The van der Waals surface area contributed by atoms with Crippen LogP contribution in [0, 0.1) is 11.3 Å². The molecule has 2 N–H and O–H groups in total. The minimum atomic E-state index is -0.507. The normalized spacial score (nSPS) is 22.0. The Labute approximate surface area is 130 Å². The van der Waals surface area contributed by atoms with Gasteiger partial charge in [0.15, 0.2) is 0 Å². The highest BCUT2D eigenvalue weighted by molar-refractivity contribution is 5.92. The number of hydrogen-bond acceptors (Lipinski definition) is 4. The van der Waals surface area contributed by atoms with Gasteiger partial charge in [-0.1, -0.05) is 0 Å². The Kier molecular flexibility index (Phi) is 3.63. The van der Waals surface area contributed by atoms with Crippen LogP contribution >= 0.6 is 0 Å². The van der Waals surface area contributed by atoms with Crippen molar-refractivity contribution in [1.82, 2.24) is 10.6 Å². The summed E-state index contributed by atoms with van der Waals surface area (Å²) in [5.41, 5.74) is 1.50. The van der Waals surface area contributed by atoms with Crippen LogP contribution in [0.5, 0.6) is 5.75 Å². The van der Waals surface area contributed by atoms with E-state index in [4.69, 9.17) is 10.00 Å². The Morgan fingerprint density at radius 1 is 1.50 bits per heavy atom. The number of nitriles is 1. The van der Waals surface area contributed by atoms with Crippen LogP contribution < -0.4 is 15.4 Å². The highest BCUT2D eigenvalue weighted by atomic mass is 16.5. The van der Waals surface area contributed by atoms with Crippen molar-refractivity contribution >= 4 is 11.6 Å². The molecule has 1 fully saturated rings. The molecule has 5 nitrogen and oxygen atoms in total. The zero-order valence-corrected chi connectivity index (χ0v) is 12.8. The molecular weight excluding hydrogens is 278 g/mol. The first-order valence-corrected chi connectivity index (χ1v) is 7.49. The third-order valence-corrected chi connectivity index (χ3v) is 3.90. The lowest BCUT2D eigenvalue weighted by Gasteiger charge is -2.31. The molecule has 0 spiro atoms. The minimum absolute atomic E-state index is 0.0326. The first kappa shape index (κ1) is 14.6. The molecule has 1 aromatic carbocycles. The van der Waals surface area contributed by atoms with Crippen molar-refractivity contribution in [2.75, 3.05) is 6.54 Å². The molecule has 0 unspecified atom stereocenters. The fraction of sp³-hybridized carbons (Fsp3) is 0.412. The van der Waals surface area contributed by atoms with Crippen LogP contribution in [-0.4, -0.2) is 24.1 Å². The van der Waals surface area contributed by atoms with E-state index in [0.29, 0.717) is 17.0 Å². The quantitative estimate of drug-likeness (QED) is 0.875. The number of carbonyl (C=O) groups is 1. The van der Waals surface area contributed by atoms with Crippen LogP contribution in [0.4, 0.5) is 0 Å². The number of ether oxygens (including phenoxy) is 1. The molecule has 3 rings (SSSR count). The molecule has 0 aliphatic carbocycles. The van der Waals surface area contributed by atoms with Crippen LogP contribution in [0.2, 0.25) is 0 Å². The van der Waals surface area contributed by atoms with E-state index >= 15 is 0 Å². The number of fused-ring (bicyclic) bond motifs is 1. The lowest BCUT2D eigenvalue weighted by Crippen LogP contribution is -2.41. The van der Waals surface area contributed by atoms with Crippen molar-refractivity contribution in [3.8, 4) is 11.8 Å². The molecule has 2 heterocycles. The fourth-order valence-electron chi connectivity index (χ4n) is 2.87. The van der Waals surface area contributed by atoms with E-state index in [9.17, 15) is 4.79 Å². The molecule has 0 saturated carbocycles. The number of amides is 1. The lowest BCUT2D eigenvalue weighted by molar-refractivity contribution is -0.121. The van der Waals surface area contributed by atoms with Crippen LogP contribution in [-0.2, 0) is 4.79 Å². The van der Waals surface area contributed by atoms with Crippen LogP contribution in [0.1, 0.15) is 37.8 Å². The highest BCUT2D eigenvalue weighted by Gasteiger charge is 2.29. The van der Waals surface area contributed by atoms with Crippen molar-refractivity contribution < 1.29 is 9.53 Å². The Hall–Kier alpha value is -2.32. The molecule has 0 bridgehead atoms. The van der Waals surface area contributed by atoms with E-state index in [2.05, 4.69) is 16.7 Å². The Morgan fingerprint density at radius 2 is 2.32 bits per heavy atom. The van der Waals surface area contributed by atoms with E-state index in [1.807, 2.05) is 19.9 Å². The molecule has 0 radical (unpaired) electrons. The number of benzene rings is 1. The van der Waals surface area contributed by atoms with Crippen molar-refractivity contribution in [3.63, 3.8) is 0 Å². The van der Waals surface area contributed by atoms with Gasteiger partial charge in [-0.15, -0.1) is 0 Å². The first-order valence-electron chi connectivity index (χ1n) is 7.49. The van der Waals surface area contributed by atoms with Gasteiger partial charge in [0.25, 0.3) is 0 Å². The fourth-order valence-corrected chi connectivity index (χ4v) is 2.87. The maximum atomic E-state index is 12.4. The monoisotopic (exact) mass is 297 g/mol. The summed E-state index contributed by atoms with van der Waals surface area (Å²) in [4.78, 5) is 12.4. The van der Waals surface area contributed by atoms with E-state index in [-0.39, 0.29) is 11.9 Å². The highest BCUT2D eigenvalue weighted by Crippen LogP contribution is 2.35. The summed E-state index contributed by atoms with van der Waals surface area (Å²) in [6.07, 6.45) is 3.76. The number of carbonyl (C=O) groups excluding carboxylic acids is 1. The number of nitrogens with one attached hydrogen (secondary N) is 2. The summed E-state index contributed by atoms with van der Waals surface area (Å²) < 4.78 is 5.90. The molecule has 22 heavy (non-hydrogen) atoms. The first-order chi connectivity index (χ1) is 10.5. The van der Waals surface area contributed by atoms with Crippen LogP contribution in [0.25, 0.3) is 5.70 Å². The molecule has 0 aromatic heterocycles. The molecule has 2 aliphatic rings. The lowest BCUT2D eigenvalue weighted by atomic mass is 9.97. The molecule has 1 atom stereocenters. The Morgan fingerprint density at radius 3 is 3.00 bits per heavy atom. The standard InChI is InChI=1S/C17H19N3O2/c1-17(2)9-14(20-16(21)13-4-3-7-19-13)12-8-11(10-18)5-6-15(12)22-17/h5-6,8-9,13,19H,3-4,7H2,1-2H3,(H,20,21)/t13-/m0/s1. The number of hydrogen-bond donors (Lipinski definition) is 2. The number of rotatable bonds is 2. The van der Waals surface area contributed by atoms with E-state index in [0.717, 1.165) is 24.9 Å². The topological polar surface area (TPSA) is 74.2 Å². The summed E-state index contributed by atoms with van der Waals surface area (Å²) in [6, 6.07) is 7.22. The molecule has 1 amide bonds. The molecule has 114 valence electrons. The van der Waals surface area contributed by atoms with Gasteiger partial charge in [0.2, 0.25) is 5.91 Å². The zero-order chi connectivity index (χ0) is 15.7. The summed E-state index contributed by atoms with van der Waals surface area (Å²) >= 11 is 0. The average molecular weight is 297 g/mol. The second kappa shape index (κ2) is 5.47. The van der Waals surface area contributed by atoms with Gasteiger partial charge in [0.1, 0.15) is 11.4 Å². The average Bonchev–Trinajstić information content (AvgIpc) is 3.00. The van der Waals surface area contributed by atoms with Gasteiger partial charge in [-0.3, -0.25) is 4.79 Å². The predicted octanol–water partition coefficient (Wildman–Crippen LogP) is 1.94. The third-order valence-electron chi connectivity index (χ3n) is 3.90. The molecule has 2 aliphatic heterocycles. The summed E-state index contributed by atoms with van der Waals surface area (Å²) in [6.45, 7) is 4.75. The second-order valence-corrected chi connectivity index (χ2v) is 6.22. The van der Waals surface area contributed by atoms with Gasteiger partial charge in [-0.05, 0) is 57.5 Å². The van der Waals surface area contributed by atoms with E-state index < -0.39 is 5.60 Å². The van der Waals surface area contributed by atoms with Crippen molar-refractivity contribution in [2.24, 2.45) is 0 Å². The van der Waals surface area contributed by atoms with Crippen LogP contribution in [0.15, 0.2) is 24.3 Å². The predicted molar refractivity (Wildman–Crippen MR) is 83.0 cm³/mol. The maximum Gasteiger partial charge on any atom is 0.241 e. The maximum absolute atomic E-state index is 12.4. The molecule has 1 saturated heterocycles. The minimum Gasteiger partial charge on any atom is -0.483 e. The largest absolute Gasteiger partial charge is 0.483 e. The summed E-state index contributed by atoms with van der Waals surface area (Å²) in [7, 11) is 0. The Balaban J connectivity index is 1.92. The third kappa shape index (κ3) is 2.83. The van der Waals surface area contributed by atoms with E-state index in [1.54, 1.807) is 18.2 Å². The molecule has 5 heteroatoms. The van der Waals surface area contributed by atoms with Crippen molar-refractivity contribution in [1.29, 1.82) is 5.26 Å². The van der Waals surface area contributed by atoms with Crippen molar-refractivity contribution in [2.45, 2.75) is 38.3 Å². The van der Waals surface area contributed by atoms with Crippen LogP contribution in [0.3, 0.4) is 0 Å². The van der Waals surface area contributed by atoms with Gasteiger partial charge < -0.3 is 15.4 Å². The van der Waals surface area contributed by atoms with Gasteiger partial charge >= 0.3 is 0 Å². The van der Waals surface area contributed by atoms with Gasteiger partial charge in [-0.2, -0.15) is 5.26 Å². The second-order valence-electron chi connectivity index (χ2n) is 6.22. The van der Waals surface area contributed by atoms with E-state index in [1.165, 1.54) is 0 Å². The molecular formula is C17H19N3O2. The van der Waals surface area contributed by atoms with Gasteiger partial charge in [-0.25, -0.2) is 0 Å². The van der Waals surface area contributed by atoms with Gasteiger partial charge in [0.05, 0.1) is 23.4 Å². The SMILES string of the molecule is CC1(C)C=C(NC(=O)[C@@H]2CCCN2)c2cc(C#N)ccc2O1.